The van der Waals surface area contributed by atoms with E-state index in [-0.39, 0.29) is 11.1 Å². The molecule has 0 bridgehead atoms. The van der Waals surface area contributed by atoms with Crippen molar-refractivity contribution in [1.82, 2.24) is 20.0 Å². The molecule has 2 aromatic rings. The van der Waals surface area contributed by atoms with E-state index in [1.165, 1.54) is 0 Å². The average molecular weight is 206 g/mol. The first-order valence-electron chi connectivity index (χ1n) is 4.85. The molecule has 0 radical (unpaired) electrons. The molecule has 0 aliphatic carbocycles. The molecule has 1 N–H and O–H groups in total. The molecule has 0 amide bonds. The summed E-state index contributed by atoms with van der Waals surface area (Å²) < 4.78 is 1.77. The fourth-order valence-electron chi connectivity index (χ4n) is 1.56. The second-order valence-corrected chi connectivity index (χ2v) is 4.69. The van der Waals surface area contributed by atoms with Crippen LogP contribution < -0.4 is 5.56 Å². The van der Waals surface area contributed by atoms with Gasteiger partial charge in [0, 0.05) is 5.69 Å². The average Bonchev–Trinajstić information content (AvgIpc) is 2.45. The summed E-state index contributed by atoms with van der Waals surface area (Å²) in [6, 6.07) is 1.89. The molecule has 0 saturated carbocycles. The highest BCUT2D eigenvalue weighted by atomic mass is 16.1. The zero-order valence-electron chi connectivity index (χ0n) is 9.33. The molecule has 0 aliphatic heterocycles. The Bertz CT molecular complexity index is 559. The van der Waals surface area contributed by atoms with Gasteiger partial charge < -0.3 is 4.98 Å². The Labute approximate surface area is 87.1 Å². The number of hydrogen-bond acceptors (Lipinski definition) is 3. The van der Waals surface area contributed by atoms with Crippen molar-refractivity contribution >= 4 is 11.0 Å². The molecule has 5 heteroatoms. The predicted octanol–water partition coefficient (Wildman–Crippen LogP) is 1.18. The molecule has 2 aromatic heterocycles. The zero-order valence-corrected chi connectivity index (χ0v) is 9.33. The van der Waals surface area contributed by atoms with Crippen molar-refractivity contribution in [2.24, 2.45) is 0 Å². The Kier molecular flexibility index (Phi) is 1.92. The molecule has 0 unspecified atom stereocenters. The van der Waals surface area contributed by atoms with E-state index in [4.69, 9.17) is 0 Å². The fourth-order valence-corrected chi connectivity index (χ4v) is 1.56. The molecule has 0 aliphatic rings. The van der Waals surface area contributed by atoms with E-state index in [1.54, 1.807) is 4.68 Å². The number of aromatic amines is 1. The summed E-state index contributed by atoms with van der Waals surface area (Å²) >= 11 is 0. The van der Waals surface area contributed by atoms with Crippen molar-refractivity contribution in [3.63, 3.8) is 0 Å². The van der Waals surface area contributed by atoms with Crippen LogP contribution in [0.25, 0.3) is 11.0 Å². The minimum atomic E-state index is -0.180. The first-order valence-corrected chi connectivity index (χ1v) is 4.85. The summed E-state index contributed by atoms with van der Waals surface area (Å²) in [4.78, 5) is 14.3. The summed E-state index contributed by atoms with van der Waals surface area (Å²) in [5, 5.41) is 7.91. The van der Waals surface area contributed by atoms with Crippen LogP contribution in [-0.4, -0.2) is 20.0 Å². The van der Waals surface area contributed by atoms with Crippen molar-refractivity contribution < 1.29 is 0 Å². The second-order valence-electron chi connectivity index (χ2n) is 4.69. The largest absolute Gasteiger partial charge is 0.324 e. The van der Waals surface area contributed by atoms with Crippen LogP contribution in [0, 0.1) is 6.92 Å². The van der Waals surface area contributed by atoms with Crippen molar-refractivity contribution in [2.45, 2.75) is 33.2 Å². The van der Waals surface area contributed by atoms with E-state index < -0.39 is 0 Å². The van der Waals surface area contributed by atoms with Crippen molar-refractivity contribution in [1.29, 1.82) is 0 Å². The molecule has 0 spiro atoms. The number of nitrogens with one attached hydrogen (secondary N) is 1. The summed E-state index contributed by atoms with van der Waals surface area (Å²) in [5.41, 5.74) is 1.65. The highest BCUT2D eigenvalue weighted by Crippen LogP contribution is 2.17. The van der Waals surface area contributed by atoms with E-state index in [0.29, 0.717) is 5.52 Å². The maximum Gasteiger partial charge on any atom is 0.278 e. The van der Waals surface area contributed by atoms with Gasteiger partial charge in [-0.1, -0.05) is 5.21 Å². The maximum atomic E-state index is 11.6. The number of H-pyrrole nitrogens is 1. The van der Waals surface area contributed by atoms with Gasteiger partial charge in [0.15, 0.2) is 5.52 Å². The van der Waals surface area contributed by atoms with Gasteiger partial charge in [0.1, 0.15) is 0 Å². The fraction of sp³-hybridized carbons (Fsp3) is 0.500. The van der Waals surface area contributed by atoms with Crippen LogP contribution in [0.15, 0.2) is 10.9 Å². The van der Waals surface area contributed by atoms with Gasteiger partial charge in [-0.3, -0.25) is 4.79 Å². The molecule has 2 heterocycles. The normalized spacial score (nSPS) is 12.3. The Morgan fingerprint density at radius 2 is 2.07 bits per heavy atom. The predicted molar refractivity (Wildman–Crippen MR) is 57.9 cm³/mol. The number of rotatable bonds is 0. The van der Waals surface area contributed by atoms with Crippen molar-refractivity contribution in [2.75, 3.05) is 0 Å². The van der Waals surface area contributed by atoms with Gasteiger partial charge >= 0.3 is 0 Å². The number of aryl methyl sites for hydroxylation is 1. The van der Waals surface area contributed by atoms with Gasteiger partial charge in [0.25, 0.3) is 5.56 Å². The molecular weight excluding hydrogens is 192 g/mol. The molecular formula is C10H14N4O. The summed E-state index contributed by atoms with van der Waals surface area (Å²) in [7, 11) is 0. The number of aromatic nitrogens is 4. The number of nitrogens with zero attached hydrogens (tertiary/aromatic N) is 3. The van der Waals surface area contributed by atoms with Crippen LogP contribution in [0.1, 0.15) is 26.5 Å². The lowest BCUT2D eigenvalue weighted by molar-refractivity contribution is 0.358. The summed E-state index contributed by atoms with van der Waals surface area (Å²) in [6.07, 6.45) is 0. The van der Waals surface area contributed by atoms with Gasteiger partial charge in [0.05, 0.1) is 11.1 Å². The van der Waals surface area contributed by atoms with Crippen LogP contribution >= 0.6 is 0 Å². The third-order valence-electron chi connectivity index (χ3n) is 2.22. The Hall–Kier alpha value is -1.65. The molecule has 0 aromatic carbocycles. The van der Waals surface area contributed by atoms with E-state index >= 15 is 0 Å². The monoisotopic (exact) mass is 206 g/mol. The Balaban J connectivity index is 2.86. The number of hydrogen-bond donors (Lipinski definition) is 1. The topological polar surface area (TPSA) is 63.6 Å². The molecule has 0 atom stereocenters. The molecule has 15 heavy (non-hydrogen) atoms. The smallest absolute Gasteiger partial charge is 0.278 e. The summed E-state index contributed by atoms with van der Waals surface area (Å²) in [5.74, 6) is 0. The highest BCUT2D eigenvalue weighted by Gasteiger charge is 2.19. The number of fused-ring (bicyclic) bond motifs is 1. The minimum absolute atomic E-state index is 0.172. The van der Waals surface area contributed by atoms with E-state index in [0.717, 1.165) is 11.2 Å². The van der Waals surface area contributed by atoms with E-state index in [1.807, 2.05) is 33.8 Å². The van der Waals surface area contributed by atoms with Crippen molar-refractivity contribution in [3.05, 3.63) is 22.1 Å². The highest BCUT2D eigenvalue weighted by molar-refractivity contribution is 5.73. The lowest BCUT2D eigenvalue weighted by Gasteiger charge is -2.19. The Morgan fingerprint density at radius 3 is 2.67 bits per heavy atom. The van der Waals surface area contributed by atoms with Gasteiger partial charge in [0.2, 0.25) is 0 Å². The number of pyridine rings is 1. The first kappa shape index (κ1) is 9.89. The molecule has 0 saturated heterocycles. The SMILES string of the molecule is Cc1cc2c(nnn2C(C)(C)C)c(=O)[nH]1. The standard InChI is InChI=1S/C10H14N4O/c1-6-5-7-8(9(15)11-6)12-13-14(7)10(2,3)4/h5H,1-4H3,(H,11,15). The lowest BCUT2D eigenvalue weighted by Crippen LogP contribution is -2.23. The Morgan fingerprint density at radius 1 is 1.40 bits per heavy atom. The van der Waals surface area contributed by atoms with Gasteiger partial charge in [-0.15, -0.1) is 5.10 Å². The van der Waals surface area contributed by atoms with Crippen LogP contribution in [-0.2, 0) is 5.54 Å². The van der Waals surface area contributed by atoms with Crippen molar-refractivity contribution in [3.8, 4) is 0 Å². The molecule has 5 nitrogen and oxygen atoms in total. The van der Waals surface area contributed by atoms with Crippen LogP contribution in [0.2, 0.25) is 0 Å². The van der Waals surface area contributed by atoms with Crippen LogP contribution in [0.4, 0.5) is 0 Å². The molecule has 0 fully saturated rings. The third-order valence-corrected chi connectivity index (χ3v) is 2.22. The van der Waals surface area contributed by atoms with E-state index in [9.17, 15) is 4.79 Å². The maximum absolute atomic E-state index is 11.6. The third kappa shape index (κ3) is 1.54. The van der Waals surface area contributed by atoms with Gasteiger partial charge in [-0.25, -0.2) is 4.68 Å². The van der Waals surface area contributed by atoms with Crippen LogP contribution in [0.5, 0.6) is 0 Å². The molecule has 80 valence electrons. The minimum Gasteiger partial charge on any atom is -0.324 e. The molecule has 2 rings (SSSR count). The van der Waals surface area contributed by atoms with E-state index in [2.05, 4.69) is 15.3 Å². The first-order chi connectivity index (χ1) is 6.89. The quantitative estimate of drug-likeness (QED) is 0.704. The van der Waals surface area contributed by atoms with Crippen LogP contribution in [0.3, 0.4) is 0 Å². The lowest BCUT2D eigenvalue weighted by atomic mass is 10.1. The summed E-state index contributed by atoms with van der Waals surface area (Å²) in [6.45, 7) is 7.92. The van der Waals surface area contributed by atoms with Gasteiger partial charge in [-0.05, 0) is 33.8 Å². The second kappa shape index (κ2) is 2.92. The van der Waals surface area contributed by atoms with Gasteiger partial charge in [-0.2, -0.15) is 0 Å². The zero-order chi connectivity index (χ0) is 11.2.